The highest BCUT2D eigenvalue weighted by Crippen LogP contribution is 2.33. The van der Waals surface area contributed by atoms with Gasteiger partial charge in [0.1, 0.15) is 6.17 Å². The van der Waals surface area contributed by atoms with Crippen LogP contribution in [0.2, 0.25) is 15.1 Å². The molecule has 166 valence electrons. The fourth-order valence-electron chi connectivity index (χ4n) is 3.71. The lowest BCUT2D eigenvalue weighted by molar-refractivity contribution is -0.127. The van der Waals surface area contributed by atoms with Crippen molar-refractivity contribution < 1.29 is 9.59 Å². The first-order valence-corrected chi connectivity index (χ1v) is 11.3. The Balaban J connectivity index is 1.75. The van der Waals surface area contributed by atoms with Gasteiger partial charge >= 0.3 is 0 Å². The summed E-state index contributed by atoms with van der Waals surface area (Å²) in [5, 5.41) is 8.58. The normalized spacial score (nSPS) is 14.7. The molecule has 3 N–H and O–H groups in total. The average Bonchev–Trinajstić information content (AvgIpc) is 3.04. The van der Waals surface area contributed by atoms with E-state index in [1.165, 1.54) is 0 Å². The van der Waals surface area contributed by atoms with Crippen LogP contribution in [0.25, 0.3) is 16.9 Å². The Morgan fingerprint density at radius 3 is 2.34 bits per heavy atom. The standard InChI is InChI=1S/C23H21Cl3N4O2/c1-12-19(23(32)28-22(27)21(31)14-3-2-4-14)29-30(18-10-9-16(25)11-17(18)26)20(12)13-5-7-15(24)8-6-13/h5-11,14,22H,2-4,27H2,1H3,(H,28,32). The predicted octanol–water partition coefficient (Wildman–Crippen LogP) is 5.19. The van der Waals surface area contributed by atoms with E-state index in [0.717, 1.165) is 24.8 Å². The van der Waals surface area contributed by atoms with Crippen LogP contribution in [-0.2, 0) is 4.79 Å². The summed E-state index contributed by atoms with van der Waals surface area (Å²) in [6.07, 6.45) is 1.56. The van der Waals surface area contributed by atoms with E-state index in [1.807, 2.05) is 12.1 Å². The quantitative estimate of drug-likeness (QED) is 0.464. The van der Waals surface area contributed by atoms with Crippen molar-refractivity contribution in [1.29, 1.82) is 0 Å². The number of nitrogens with zero attached hydrogens (tertiary/aromatic N) is 2. The molecule has 2 aromatic carbocycles. The van der Waals surface area contributed by atoms with Crippen molar-refractivity contribution in [1.82, 2.24) is 15.1 Å². The zero-order valence-corrected chi connectivity index (χ0v) is 19.5. The molecule has 1 unspecified atom stereocenters. The van der Waals surface area contributed by atoms with Gasteiger partial charge in [0.2, 0.25) is 0 Å². The highest BCUT2D eigenvalue weighted by molar-refractivity contribution is 6.35. The van der Waals surface area contributed by atoms with Crippen molar-refractivity contribution in [3.8, 4) is 16.9 Å². The van der Waals surface area contributed by atoms with E-state index in [0.29, 0.717) is 32.0 Å². The van der Waals surface area contributed by atoms with E-state index in [-0.39, 0.29) is 17.4 Å². The van der Waals surface area contributed by atoms with E-state index >= 15 is 0 Å². The second-order valence-electron chi connectivity index (χ2n) is 7.82. The largest absolute Gasteiger partial charge is 0.329 e. The molecule has 32 heavy (non-hydrogen) atoms. The van der Waals surface area contributed by atoms with Gasteiger partial charge in [0, 0.05) is 27.1 Å². The Morgan fingerprint density at radius 1 is 1.09 bits per heavy atom. The monoisotopic (exact) mass is 490 g/mol. The van der Waals surface area contributed by atoms with Gasteiger partial charge in [-0.3, -0.25) is 9.59 Å². The van der Waals surface area contributed by atoms with Crippen molar-refractivity contribution in [2.24, 2.45) is 11.7 Å². The first-order valence-electron chi connectivity index (χ1n) is 10.2. The number of nitrogens with one attached hydrogen (secondary N) is 1. The second kappa shape index (κ2) is 9.24. The maximum atomic E-state index is 13.0. The summed E-state index contributed by atoms with van der Waals surface area (Å²) >= 11 is 18.6. The average molecular weight is 492 g/mol. The molecule has 1 heterocycles. The number of carbonyl (C=O) groups is 2. The van der Waals surface area contributed by atoms with Crippen LogP contribution < -0.4 is 11.1 Å². The molecule has 3 aromatic rings. The lowest BCUT2D eigenvalue weighted by atomic mass is 9.81. The number of amides is 1. The van der Waals surface area contributed by atoms with E-state index in [4.69, 9.17) is 40.5 Å². The number of halogens is 3. The summed E-state index contributed by atoms with van der Waals surface area (Å²) in [5.41, 5.74) is 8.74. The topological polar surface area (TPSA) is 90.0 Å². The molecule has 6 nitrogen and oxygen atoms in total. The van der Waals surface area contributed by atoms with Gasteiger partial charge in [-0.1, -0.05) is 53.4 Å². The van der Waals surface area contributed by atoms with E-state index in [2.05, 4.69) is 10.4 Å². The number of nitrogens with two attached hydrogens (primary N) is 1. The fourth-order valence-corrected chi connectivity index (χ4v) is 4.33. The van der Waals surface area contributed by atoms with Crippen molar-refractivity contribution in [3.63, 3.8) is 0 Å². The fraction of sp³-hybridized carbons (Fsp3) is 0.261. The van der Waals surface area contributed by atoms with Crippen molar-refractivity contribution in [2.45, 2.75) is 32.4 Å². The van der Waals surface area contributed by atoms with Crippen molar-refractivity contribution in [2.75, 3.05) is 0 Å². The second-order valence-corrected chi connectivity index (χ2v) is 9.10. The first kappa shape index (κ1) is 22.8. The van der Waals surface area contributed by atoms with Gasteiger partial charge in [0.25, 0.3) is 5.91 Å². The third-order valence-corrected chi connectivity index (χ3v) is 6.48. The number of benzene rings is 2. The van der Waals surface area contributed by atoms with Gasteiger partial charge < -0.3 is 11.1 Å². The smallest absolute Gasteiger partial charge is 0.273 e. The number of carbonyl (C=O) groups excluding carboxylic acids is 2. The molecular formula is C23H21Cl3N4O2. The molecule has 0 radical (unpaired) electrons. The van der Waals surface area contributed by atoms with Crippen LogP contribution in [0, 0.1) is 12.8 Å². The number of aromatic nitrogens is 2. The van der Waals surface area contributed by atoms with E-state index in [9.17, 15) is 9.59 Å². The van der Waals surface area contributed by atoms with Crippen LogP contribution in [0.4, 0.5) is 0 Å². The van der Waals surface area contributed by atoms with Gasteiger partial charge in [0.05, 0.1) is 16.4 Å². The van der Waals surface area contributed by atoms with Gasteiger partial charge in [-0.05, 0) is 50.1 Å². The zero-order chi connectivity index (χ0) is 23.0. The molecule has 4 rings (SSSR count). The molecule has 1 atom stereocenters. The van der Waals surface area contributed by atoms with Crippen LogP contribution in [0.1, 0.15) is 35.3 Å². The summed E-state index contributed by atoms with van der Waals surface area (Å²) in [7, 11) is 0. The van der Waals surface area contributed by atoms with Crippen LogP contribution in [0.15, 0.2) is 42.5 Å². The van der Waals surface area contributed by atoms with Gasteiger partial charge in [-0.2, -0.15) is 5.10 Å². The number of hydrogen-bond acceptors (Lipinski definition) is 4. The van der Waals surface area contributed by atoms with Gasteiger partial charge in [0.15, 0.2) is 11.5 Å². The number of hydrogen-bond donors (Lipinski definition) is 2. The Labute approximate surface area is 200 Å². The van der Waals surface area contributed by atoms with Crippen LogP contribution in [-0.4, -0.2) is 27.6 Å². The van der Waals surface area contributed by atoms with E-state index in [1.54, 1.807) is 41.9 Å². The maximum Gasteiger partial charge on any atom is 0.273 e. The molecular weight excluding hydrogens is 471 g/mol. The third-order valence-electron chi connectivity index (χ3n) is 5.69. The summed E-state index contributed by atoms with van der Waals surface area (Å²) in [5.74, 6) is -0.761. The van der Waals surface area contributed by atoms with Crippen molar-refractivity contribution >= 4 is 46.5 Å². The maximum absolute atomic E-state index is 13.0. The van der Waals surface area contributed by atoms with Crippen LogP contribution in [0.3, 0.4) is 0 Å². The summed E-state index contributed by atoms with van der Waals surface area (Å²) in [4.78, 5) is 25.4. The Bertz CT molecular complexity index is 1190. The summed E-state index contributed by atoms with van der Waals surface area (Å²) in [6, 6.07) is 12.2. The predicted molar refractivity (Wildman–Crippen MR) is 127 cm³/mol. The van der Waals surface area contributed by atoms with Gasteiger partial charge in [-0.25, -0.2) is 4.68 Å². The molecule has 1 aliphatic carbocycles. The highest BCUT2D eigenvalue weighted by atomic mass is 35.5. The number of Topliss-reactive ketones (excluding diaryl/α,β-unsaturated/α-hetero) is 1. The lowest BCUT2D eigenvalue weighted by Gasteiger charge is -2.26. The van der Waals surface area contributed by atoms with Gasteiger partial charge in [-0.15, -0.1) is 0 Å². The minimum absolute atomic E-state index is 0.0820. The highest BCUT2D eigenvalue weighted by Gasteiger charge is 2.31. The molecule has 1 aliphatic rings. The van der Waals surface area contributed by atoms with Crippen molar-refractivity contribution in [3.05, 3.63) is 68.8 Å². The van der Waals surface area contributed by atoms with Crippen LogP contribution in [0.5, 0.6) is 0 Å². The molecule has 1 amide bonds. The molecule has 9 heteroatoms. The number of rotatable bonds is 6. The molecule has 0 aliphatic heterocycles. The minimum Gasteiger partial charge on any atom is -0.329 e. The SMILES string of the molecule is Cc1c(C(=O)NC(N)C(=O)C2CCC2)nn(-c2ccc(Cl)cc2Cl)c1-c1ccc(Cl)cc1. The Morgan fingerprint density at radius 2 is 1.75 bits per heavy atom. The summed E-state index contributed by atoms with van der Waals surface area (Å²) < 4.78 is 1.59. The van der Waals surface area contributed by atoms with Crippen LogP contribution >= 0.6 is 34.8 Å². The molecule has 0 saturated heterocycles. The lowest BCUT2D eigenvalue weighted by Crippen LogP contribution is -2.51. The first-order chi connectivity index (χ1) is 15.3. The Hall–Kier alpha value is -2.38. The Kier molecular flexibility index (Phi) is 6.58. The summed E-state index contributed by atoms with van der Waals surface area (Å²) in [6.45, 7) is 1.78. The molecule has 1 fully saturated rings. The molecule has 1 aromatic heterocycles. The third kappa shape index (κ3) is 4.41. The molecule has 0 spiro atoms. The zero-order valence-electron chi connectivity index (χ0n) is 17.2. The minimum atomic E-state index is -1.07. The van der Waals surface area contributed by atoms with E-state index < -0.39 is 12.1 Å². The molecule has 0 bridgehead atoms. The number of ketones is 1. The molecule has 1 saturated carbocycles.